The van der Waals surface area contributed by atoms with Crippen LogP contribution in [0.25, 0.3) is 17.1 Å². The van der Waals surface area contributed by atoms with Gasteiger partial charge in [0.05, 0.1) is 17.9 Å². The Morgan fingerprint density at radius 3 is 2.95 bits per heavy atom. The Morgan fingerprint density at radius 2 is 2.14 bits per heavy atom. The second kappa shape index (κ2) is 5.14. The predicted octanol–water partition coefficient (Wildman–Crippen LogP) is 2.43. The highest BCUT2D eigenvalue weighted by molar-refractivity contribution is 5.65. The maximum absolute atomic E-state index is 5.44. The van der Waals surface area contributed by atoms with Gasteiger partial charge in [-0.2, -0.15) is 10.1 Å². The predicted molar refractivity (Wildman–Crippen MR) is 75.0 cm³/mol. The fraction of sp³-hybridized carbons (Fsp3) is 0.267. The highest BCUT2D eigenvalue weighted by atomic mass is 16.5. The average molecular weight is 282 g/mol. The molecule has 2 aromatic heterocycles. The van der Waals surface area contributed by atoms with Crippen molar-refractivity contribution >= 4 is 0 Å². The number of ether oxygens (including phenoxy) is 1. The molecule has 1 saturated heterocycles. The van der Waals surface area contributed by atoms with Crippen molar-refractivity contribution in [2.45, 2.75) is 12.3 Å². The molecule has 0 aliphatic carbocycles. The lowest BCUT2D eigenvalue weighted by molar-refractivity contribution is 0.192. The topological polar surface area (TPSA) is 66.0 Å². The molecule has 1 unspecified atom stereocenters. The highest BCUT2D eigenvalue weighted by Gasteiger charge is 2.24. The molecule has 1 aliphatic rings. The third-order valence-corrected chi connectivity index (χ3v) is 3.62. The molecule has 0 N–H and O–H groups in total. The zero-order valence-electron chi connectivity index (χ0n) is 11.3. The average Bonchev–Trinajstić information content (AvgIpc) is 3.27. The van der Waals surface area contributed by atoms with E-state index >= 15 is 0 Å². The van der Waals surface area contributed by atoms with Gasteiger partial charge in [-0.25, -0.2) is 4.68 Å². The molecule has 3 aromatic rings. The second-order valence-corrected chi connectivity index (χ2v) is 4.99. The maximum atomic E-state index is 5.44. The Kier molecular flexibility index (Phi) is 3.01. The Labute approximate surface area is 121 Å². The molecule has 0 amide bonds. The van der Waals surface area contributed by atoms with Gasteiger partial charge in [0.15, 0.2) is 5.82 Å². The van der Waals surface area contributed by atoms with Gasteiger partial charge in [0.25, 0.3) is 5.89 Å². The van der Waals surface area contributed by atoms with Crippen molar-refractivity contribution in [1.82, 2.24) is 19.9 Å². The normalized spacial score (nSPS) is 18.2. The van der Waals surface area contributed by atoms with Gasteiger partial charge in [0.1, 0.15) is 0 Å². The van der Waals surface area contributed by atoms with Crippen molar-refractivity contribution in [3.05, 3.63) is 48.5 Å². The summed E-state index contributed by atoms with van der Waals surface area (Å²) in [7, 11) is 0. The molecule has 0 spiro atoms. The van der Waals surface area contributed by atoms with Crippen LogP contribution in [-0.2, 0) is 4.74 Å². The molecule has 1 atom stereocenters. The van der Waals surface area contributed by atoms with Crippen molar-refractivity contribution < 1.29 is 9.26 Å². The number of rotatable bonds is 3. The summed E-state index contributed by atoms with van der Waals surface area (Å²) in [5, 5.41) is 8.36. The minimum atomic E-state index is 0.236. The summed E-state index contributed by atoms with van der Waals surface area (Å²) in [5.41, 5.74) is 1.79. The molecule has 0 bridgehead atoms. The quantitative estimate of drug-likeness (QED) is 0.738. The van der Waals surface area contributed by atoms with Gasteiger partial charge in [-0.15, -0.1) is 0 Å². The first-order chi connectivity index (χ1) is 10.4. The van der Waals surface area contributed by atoms with E-state index in [1.54, 1.807) is 10.9 Å². The van der Waals surface area contributed by atoms with Gasteiger partial charge in [-0.3, -0.25) is 0 Å². The molecular weight excluding hydrogens is 268 g/mol. The molecule has 3 heterocycles. The summed E-state index contributed by atoms with van der Waals surface area (Å²) in [6, 6.07) is 9.73. The Balaban J connectivity index is 1.74. The minimum Gasteiger partial charge on any atom is -0.381 e. The maximum Gasteiger partial charge on any atom is 0.260 e. The minimum absolute atomic E-state index is 0.236. The summed E-state index contributed by atoms with van der Waals surface area (Å²) in [6.07, 6.45) is 4.58. The van der Waals surface area contributed by atoms with E-state index in [0.717, 1.165) is 30.1 Å². The van der Waals surface area contributed by atoms with Gasteiger partial charge in [-0.1, -0.05) is 17.3 Å². The van der Waals surface area contributed by atoms with E-state index in [2.05, 4.69) is 15.2 Å². The van der Waals surface area contributed by atoms with Crippen LogP contribution in [0.2, 0.25) is 0 Å². The van der Waals surface area contributed by atoms with Gasteiger partial charge in [-0.05, 0) is 24.6 Å². The molecule has 0 saturated carbocycles. The first kappa shape index (κ1) is 12.3. The molecule has 21 heavy (non-hydrogen) atoms. The number of nitrogens with zero attached hydrogens (tertiary/aromatic N) is 4. The van der Waals surface area contributed by atoms with Gasteiger partial charge in [0.2, 0.25) is 0 Å². The summed E-state index contributed by atoms with van der Waals surface area (Å²) < 4.78 is 12.6. The fourth-order valence-corrected chi connectivity index (χ4v) is 2.51. The van der Waals surface area contributed by atoms with E-state index in [1.807, 2.05) is 36.5 Å². The second-order valence-electron chi connectivity index (χ2n) is 4.99. The van der Waals surface area contributed by atoms with Crippen molar-refractivity contribution in [2.24, 2.45) is 0 Å². The summed E-state index contributed by atoms with van der Waals surface area (Å²) in [5.74, 6) is 1.47. The first-order valence-corrected chi connectivity index (χ1v) is 6.92. The molecular formula is C15H14N4O2. The van der Waals surface area contributed by atoms with Gasteiger partial charge in [0, 0.05) is 24.9 Å². The number of hydrogen-bond donors (Lipinski definition) is 0. The number of aromatic nitrogens is 4. The van der Waals surface area contributed by atoms with Crippen LogP contribution >= 0.6 is 0 Å². The molecule has 1 aliphatic heterocycles. The molecule has 106 valence electrons. The van der Waals surface area contributed by atoms with E-state index in [1.165, 1.54) is 0 Å². The standard InChI is InChI=1S/C15H14N4O2/c1-2-5-13(19-8-3-7-16-19)12(4-1)15-17-14(18-21-15)11-6-9-20-10-11/h1-5,7-8,11H,6,9-10H2. The van der Waals surface area contributed by atoms with Crippen molar-refractivity contribution in [3.8, 4) is 17.1 Å². The van der Waals surface area contributed by atoms with Crippen LogP contribution in [0.3, 0.4) is 0 Å². The van der Waals surface area contributed by atoms with Crippen LogP contribution in [0.5, 0.6) is 0 Å². The van der Waals surface area contributed by atoms with Crippen molar-refractivity contribution in [2.75, 3.05) is 13.2 Å². The monoisotopic (exact) mass is 282 g/mol. The molecule has 6 nitrogen and oxygen atoms in total. The van der Waals surface area contributed by atoms with E-state index in [-0.39, 0.29) is 5.92 Å². The van der Waals surface area contributed by atoms with Crippen LogP contribution in [-0.4, -0.2) is 33.1 Å². The molecule has 6 heteroatoms. The molecule has 1 fully saturated rings. The largest absolute Gasteiger partial charge is 0.381 e. The zero-order chi connectivity index (χ0) is 14.1. The lowest BCUT2D eigenvalue weighted by atomic mass is 10.1. The van der Waals surface area contributed by atoms with Crippen molar-refractivity contribution in [3.63, 3.8) is 0 Å². The Morgan fingerprint density at radius 1 is 1.19 bits per heavy atom. The molecule has 4 rings (SSSR count). The Bertz CT molecular complexity index is 730. The van der Waals surface area contributed by atoms with Crippen LogP contribution in [0.4, 0.5) is 0 Å². The summed E-state index contributed by atoms with van der Waals surface area (Å²) in [4.78, 5) is 4.53. The molecule has 1 aromatic carbocycles. The molecule has 0 radical (unpaired) electrons. The lowest BCUT2D eigenvalue weighted by Gasteiger charge is -2.05. The van der Waals surface area contributed by atoms with Crippen LogP contribution < -0.4 is 0 Å². The van der Waals surface area contributed by atoms with Crippen molar-refractivity contribution in [1.29, 1.82) is 0 Å². The fourth-order valence-electron chi connectivity index (χ4n) is 2.51. The highest BCUT2D eigenvalue weighted by Crippen LogP contribution is 2.28. The lowest BCUT2D eigenvalue weighted by Crippen LogP contribution is -2.00. The number of para-hydroxylation sites is 1. The van der Waals surface area contributed by atoms with Gasteiger partial charge < -0.3 is 9.26 Å². The zero-order valence-corrected chi connectivity index (χ0v) is 11.3. The smallest absolute Gasteiger partial charge is 0.260 e. The summed E-state index contributed by atoms with van der Waals surface area (Å²) >= 11 is 0. The van der Waals surface area contributed by atoms with Crippen LogP contribution in [0.1, 0.15) is 18.2 Å². The third-order valence-electron chi connectivity index (χ3n) is 3.62. The third kappa shape index (κ3) is 2.23. The van der Waals surface area contributed by atoms with E-state index in [0.29, 0.717) is 12.5 Å². The summed E-state index contributed by atoms with van der Waals surface area (Å²) in [6.45, 7) is 1.43. The van der Waals surface area contributed by atoms with E-state index in [9.17, 15) is 0 Å². The van der Waals surface area contributed by atoms with E-state index in [4.69, 9.17) is 9.26 Å². The first-order valence-electron chi connectivity index (χ1n) is 6.92. The van der Waals surface area contributed by atoms with Gasteiger partial charge >= 0.3 is 0 Å². The van der Waals surface area contributed by atoms with Crippen LogP contribution in [0.15, 0.2) is 47.2 Å². The Hall–Kier alpha value is -2.47. The number of benzene rings is 1. The van der Waals surface area contributed by atoms with Crippen LogP contribution in [0, 0.1) is 0 Å². The number of hydrogen-bond acceptors (Lipinski definition) is 5. The van der Waals surface area contributed by atoms with E-state index < -0.39 is 0 Å². The SMILES string of the molecule is c1ccc(-n2cccn2)c(-c2nc(C3CCOC3)no2)c1.